The van der Waals surface area contributed by atoms with Gasteiger partial charge >= 0.3 is 58.4 Å². The predicted octanol–water partition coefficient (Wildman–Crippen LogP) is 1.04. The molecular formula is C7H5BBrClF3K. The molecule has 14 heavy (non-hydrogen) atoms. The van der Waals surface area contributed by atoms with Crippen LogP contribution in [0.1, 0.15) is 5.56 Å². The van der Waals surface area contributed by atoms with Crippen molar-refractivity contribution in [1.29, 1.82) is 0 Å². The Labute approximate surface area is 136 Å². The van der Waals surface area contributed by atoms with Crippen LogP contribution in [0.15, 0.2) is 22.7 Å². The second-order valence-corrected chi connectivity index (χ2v) is 3.92. The van der Waals surface area contributed by atoms with Crippen molar-refractivity contribution in [3.05, 3.63) is 33.3 Å². The average molecular weight is 311 g/mol. The molecule has 0 nitrogen and oxygen atoms in total. The summed E-state index contributed by atoms with van der Waals surface area (Å²) < 4.78 is 36.5. The largest absolute Gasteiger partial charge is 1.00 e. The number of rotatable bonds is 2. The molecule has 0 fully saturated rings. The molecule has 0 N–H and O–H groups in total. The van der Waals surface area contributed by atoms with Crippen LogP contribution >= 0.6 is 27.5 Å². The molecule has 1 rings (SSSR count). The molecular weight excluding hydrogens is 306 g/mol. The van der Waals surface area contributed by atoms with Crippen LogP contribution in [0, 0.1) is 0 Å². The third-order valence-corrected chi connectivity index (χ3v) is 2.67. The topological polar surface area (TPSA) is 0 Å². The van der Waals surface area contributed by atoms with Crippen LogP contribution in [0.25, 0.3) is 0 Å². The van der Waals surface area contributed by atoms with Gasteiger partial charge in [0.05, 0.1) is 5.02 Å². The first-order valence-electron chi connectivity index (χ1n) is 3.53. The van der Waals surface area contributed by atoms with Gasteiger partial charge in [0, 0.05) is 4.47 Å². The van der Waals surface area contributed by atoms with Crippen molar-refractivity contribution in [2.24, 2.45) is 0 Å². The normalized spacial score (nSPS) is 10.9. The molecule has 72 valence electrons. The van der Waals surface area contributed by atoms with E-state index in [2.05, 4.69) is 15.9 Å². The van der Waals surface area contributed by atoms with Gasteiger partial charge in [-0.2, -0.15) is 0 Å². The summed E-state index contributed by atoms with van der Waals surface area (Å²) in [4.78, 5) is 0. The van der Waals surface area contributed by atoms with Crippen LogP contribution in [-0.2, 0) is 6.32 Å². The molecule has 0 aliphatic heterocycles. The smallest absolute Gasteiger partial charge is 0.449 e. The molecule has 0 saturated heterocycles. The van der Waals surface area contributed by atoms with E-state index in [4.69, 9.17) is 11.6 Å². The maximum atomic E-state index is 12.0. The fourth-order valence-electron chi connectivity index (χ4n) is 0.934. The van der Waals surface area contributed by atoms with Crippen LogP contribution in [0.5, 0.6) is 0 Å². The van der Waals surface area contributed by atoms with Crippen molar-refractivity contribution in [3.63, 3.8) is 0 Å². The summed E-state index contributed by atoms with van der Waals surface area (Å²) in [6, 6.07) is 4.21. The Morgan fingerprint density at radius 2 is 1.86 bits per heavy atom. The van der Waals surface area contributed by atoms with Crippen LogP contribution in [0.2, 0.25) is 5.02 Å². The van der Waals surface area contributed by atoms with Gasteiger partial charge in [0.25, 0.3) is 0 Å². The molecule has 0 spiro atoms. The molecule has 0 aliphatic carbocycles. The minimum atomic E-state index is -4.77. The van der Waals surface area contributed by atoms with Gasteiger partial charge in [0.2, 0.25) is 0 Å². The summed E-state index contributed by atoms with van der Waals surface area (Å²) in [6.45, 7) is -4.77. The average Bonchev–Trinajstić information content (AvgIpc) is 1.94. The van der Waals surface area contributed by atoms with Gasteiger partial charge in [0.1, 0.15) is 0 Å². The molecule has 1 aromatic rings. The summed E-state index contributed by atoms with van der Waals surface area (Å²) >= 11 is 8.69. The predicted molar refractivity (Wildman–Crippen MR) is 51.9 cm³/mol. The first-order valence-corrected chi connectivity index (χ1v) is 4.70. The molecule has 0 radical (unpaired) electrons. The Balaban J connectivity index is 0.00000169. The monoisotopic (exact) mass is 310 g/mol. The van der Waals surface area contributed by atoms with Crippen molar-refractivity contribution in [2.75, 3.05) is 0 Å². The van der Waals surface area contributed by atoms with E-state index in [0.29, 0.717) is 9.50 Å². The molecule has 0 unspecified atom stereocenters. The molecule has 0 heterocycles. The van der Waals surface area contributed by atoms with E-state index in [1.165, 1.54) is 18.2 Å². The van der Waals surface area contributed by atoms with Gasteiger partial charge < -0.3 is 12.9 Å². The summed E-state index contributed by atoms with van der Waals surface area (Å²) in [5.41, 5.74) is 0.226. The fraction of sp³-hybridized carbons (Fsp3) is 0.143. The number of benzene rings is 1. The van der Waals surface area contributed by atoms with Crippen molar-refractivity contribution in [3.8, 4) is 0 Å². The van der Waals surface area contributed by atoms with Gasteiger partial charge in [-0.1, -0.05) is 29.6 Å². The zero-order valence-electron chi connectivity index (χ0n) is 7.41. The van der Waals surface area contributed by atoms with Crippen molar-refractivity contribution in [2.45, 2.75) is 6.32 Å². The number of halogens is 5. The van der Waals surface area contributed by atoms with E-state index in [-0.39, 0.29) is 56.9 Å². The maximum absolute atomic E-state index is 12.0. The number of hydrogen-bond donors (Lipinski definition) is 0. The zero-order valence-corrected chi connectivity index (χ0v) is 12.9. The molecule has 7 heteroatoms. The quantitative estimate of drug-likeness (QED) is 0.716. The number of hydrogen-bond acceptors (Lipinski definition) is 0. The first-order chi connectivity index (χ1) is 5.88. The third kappa shape index (κ3) is 5.53. The standard InChI is InChI=1S/C7H5BBrClF3.K/c9-6-3-5(1-2-7(6)10)4-8(11,12)13;/h1-3H,4H2;/q-1;+1. The van der Waals surface area contributed by atoms with E-state index in [1.807, 2.05) is 0 Å². The minimum absolute atomic E-state index is 0. The Hall–Kier alpha value is 1.48. The molecule has 0 aromatic heterocycles. The van der Waals surface area contributed by atoms with Crippen molar-refractivity contribution in [1.82, 2.24) is 0 Å². The van der Waals surface area contributed by atoms with E-state index >= 15 is 0 Å². The summed E-state index contributed by atoms with van der Waals surface area (Å²) in [5, 5.41) is 0.415. The van der Waals surface area contributed by atoms with E-state index in [0.717, 1.165) is 0 Å². The van der Waals surface area contributed by atoms with E-state index < -0.39 is 13.3 Å². The molecule has 1 aromatic carbocycles. The van der Waals surface area contributed by atoms with Gasteiger partial charge in [-0.15, -0.1) is 0 Å². The SMILES string of the molecule is F[B-](F)(F)Cc1ccc(Cl)c(Br)c1.[K+]. The van der Waals surface area contributed by atoms with Crippen LogP contribution in [0.4, 0.5) is 12.9 Å². The molecule has 0 atom stereocenters. The fourth-order valence-corrected chi connectivity index (χ4v) is 1.48. The Morgan fingerprint density at radius 1 is 1.29 bits per heavy atom. The molecule has 0 saturated carbocycles. The van der Waals surface area contributed by atoms with Crippen LogP contribution in [-0.4, -0.2) is 6.98 Å². The first kappa shape index (κ1) is 15.5. The van der Waals surface area contributed by atoms with Crippen molar-refractivity contribution < 1.29 is 64.3 Å². The second-order valence-electron chi connectivity index (χ2n) is 2.66. The summed E-state index contributed by atoms with van der Waals surface area (Å²) in [5.74, 6) is 0. The molecule has 0 aliphatic rings. The molecule has 0 bridgehead atoms. The third-order valence-electron chi connectivity index (χ3n) is 1.45. The van der Waals surface area contributed by atoms with Gasteiger partial charge in [-0.25, -0.2) is 0 Å². The zero-order chi connectivity index (χ0) is 10.1. The van der Waals surface area contributed by atoms with E-state index in [9.17, 15) is 12.9 Å². The Bertz CT molecular complexity index is 318. The summed E-state index contributed by atoms with van der Waals surface area (Å²) in [7, 11) is 0. The maximum Gasteiger partial charge on any atom is 1.00 e. The van der Waals surface area contributed by atoms with Gasteiger partial charge in [-0.3, -0.25) is 0 Å². The van der Waals surface area contributed by atoms with Gasteiger partial charge in [-0.05, 0) is 28.1 Å². The van der Waals surface area contributed by atoms with Crippen LogP contribution in [0.3, 0.4) is 0 Å². The second kappa shape index (κ2) is 6.27. The Kier molecular flexibility index (Phi) is 6.94. The molecule has 0 amide bonds. The Morgan fingerprint density at radius 3 is 2.29 bits per heavy atom. The minimum Gasteiger partial charge on any atom is -0.449 e. The summed E-state index contributed by atoms with van der Waals surface area (Å²) in [6.07, 6.45) is -0.865. The van der Waals surface area contributed by atoms with Crippen molar-refractivity contribution >= 4 is 34.5 Å². The van der Waals surface area contributed by atoms with E-state index in [1.54, 1.807) is 0 Å². The van der Waals surface area contributed by atoms with Gasteiger partial charge in [0.15, 0.2) is 0 Å². The van der Waals surface area contributed by atoms with Crippen LogP contribution < -0.4 is 51.4 Å².